The van der Waals surface area contributed by atoms with Crippen molar-refractivity contribution < 1.29 is 22.9 Å². The Morgan fingerprint density at radius 2 is 1.97 bits per heavy atom. The first-order valence-corrected chi connectivity index (χ1v) is 8.18. The SMILES string of the molecule is Cc1c([N+](=O)[O-])c(C(F)F)nn1CC(=O)Nc1ncn(Cc2ccc(F)cc2)n1. The number of nitro groups is 1. The second-order valence-electron chi connectivity index (χ2n) is 5.98. The van der Waals surface area contributed by atoms with Gasteiger partial charge < -0.3 is 0 Å². The summed E-state index contributed by atoms with van der Waals surface area (Å²) in [6.07, 6.45) is -1.81. The molecule has 0 aliphatic rings. The fraction of sp³-hybridized carbons (Fsp3) is 0.250. The van der Waals surface area contributed by atoms with Crippen LogP contribution in [0.3, 0.4) is 0 Å². The number of hydrogen-bond acceptors (Lipinski definition) is 6. The number of alkyl halides is 2. The molecule has 1 aromatic carbocycles. The summed E-state index contributed by atoms with van der Waals surface area (Å²) in [5.41, 5.74) is -1.24. The van der Waals surface area contributed by atoms with Crippen LogP contribution in [0.15, 0.2) is 30.6 Å². The van der Waals surface area contributed by atoms with E-state index < -0.39 is 35.2 Å². The van der Waals surface area contributed by atoms with Gasteiger partial charge in [-0.2, -0.15) is 5.10 Å². The molecule has 0 saturated carbocycles. The van der Waals surface area contributed by atoms with Crippen molar-refractivity contribution >= 4 is 17.5 Å². The Hall–Kier alpha value is -3.77. The van der Waals surface area contributed by atoms with Crippen molar-refractivity contribution in [3.05, 3.63) is 63.5 Å². The standard InChI is InChI=1S/C16H14F3N7O3/c1-9-14(26(28)29)13(15(18)19)22-25(9)7-12(27)21-16-20-8-24(23-16)6-10-2-4-11(17)5-3-10/h2-5,8,15H,6-7H2,1H3,(H,21,23,27). The summed E-state index contributed by atoms with van der Waals surface area (Å²) in [4.78, 5) is 26.1. The maximum Gasteiger partial charge on any atom is 0.319 e. The highest BCUT2D eigenvalue weighted by Gasteiger charge is 2.31. The van der Waals surface area contributed by atoms with E-state index in [0.29, 0.717) is 0 Å². The normalized spacial score (nSPS) is 11.1. The lowest BCUT2D eigenvalue weighted by molar-refractivity contribution is -0.386. The number of nitrogens with zero attached hydrogens (tertiary/aromatic N) is 6. The van der Waals surface area contributed by atoms with E-state index >= 15 is 0 Å². The van der Waals surface area contributed by atoms with Crippen molar-refractivity contribution in [2.45, 2.75) is 26.4 Å². The van der Waals surface area contributed by atoms with Gasteiger partial charge in [-0.3, -0.25) is 24.9 Å². The fourth-order valence-corrected chi connectivity index (χ4v) is 2.59. The van der Waals surface area contributed by atoms with Gasteiger partial charge in [0.05, 0.1) is 11.5 Å². The molecule has 3 aromatic rings. The number of rotatable bonds is 7. The van der Waals surface area contributed by atoms with E-state index in [4.69, 9.17) is 0 Å². The third-order valence-electron chi connectivity index (χ3n) is 3.93. The molecule has 0 radical (unpaired) electrons. The van der Waals surface area contributed by atoms with E-state index in [1.165, 1.54) is 30.1 Å². The summed E-state index contributed by atoms with van der Waals surface area (Å²) in [6, 6.07) is 5.74. The lowest BCUT2D eigenvalue weighted by Crippen LogP contribution is -2.21. The maximum atomic E-state index is 12.9. The summed E-state index contributed by atoms with van der Waals surface area (Å²) in [5, 5.41) is 20.8. The highest BCUT2D eigenvalue weighted by atomic mass is 19.3. The molecule has 0 aliphatic carbocycles. The molecule has 1 amide bonds. The fourth-order valence-electron chi connectivity index (χ4n) is 2.59. The number of hydrogen-bond donors (Lipinski definition) is 1. The van der Waals surface area contributed by atoms with Gasteiger partial charge in [-0.05, 0) is 24.6 Å². The van der Waals surface area contributed by atoms with Gasteiger partial charge in [0.2, 0.25) is 17.5 Å². The van der Waals surface area contributed by atoms with Gasteiger partial charge in [-0.25, -0.2) is 22.8 Å². The second-order valence-corrected chi connectivity index (χ2v) is 5.98. The Balaban J connectivity index is 1.67. The Bertz CT molecular complexity index is 1050. The molecule has 2 heterocycles. The van der Waals surface area contributed by atoms with Crippen molar-refractivity contribution in [3.63, 3.8) is 0 Å². The summed E-state index contributed by atoms with van der Waals surface area (Å²) in [7, 11) is 0. The van der Waals surface area contributed by atoms with Crippen molar-refractivity contribution in [2.24, 2.45) is 0 Å². The van der Waals surface area contributed by atoms with Gasteiger partial charge in [0.15, 0.2) is 0 Å². The van der Waals surface area contributed by atoms with Gasteiger partial charge in [0.25, 0.3) is 6.43 Å². The zero-order valence-electron chi connectivity index (χ0n) is 14.9. The summed E-state index contributed by atoms with van der Waals surface area (Å²) >= 11 is 0. The van der Waals surface area contributed by atoms with Crippen LogP contribution in [0.2, 0.25) is 0 Å². The number of halogens is 3. The quantitative estimate of drug-likeness (QED) is 0.473. The molecular formula is C16H14F3N7O3. The van der Waals surface area contributed by atoms with E-state index in [2.05, 4.69) is 20.5 Å². The minimum absolute atomic E-state index is 0.0505. The predicted octanol–water partition coefficient (Wildman–Crippen LogP) is 2.45. The predicted molar refractivity (Wildman–Crippen MR) is 92.7 cm³/mol. The van der Waals surface area contributed by atoms with E-state index in [0.717, 1.165) is 10.2 Å². The minimum atomic E-state index is -3.15. The number of benzene rings is 1. The van der Waals surface area contributed by atoms with Crippen LogP contribution in [-0.2, 0) is 17.9 Å². The summed E-state index contributed by atoms with van der Waals surface area (Å²) in [5.74, 6) is -1.12. The van der Waals surface area contributed by atoms with Crippen LogP contribution in [0, 0.1) is 22.9 Å². The van der Waals surface area contributed by atoms with Crippen LogP contribution in [0.1, 0.15) is 23.4 Å². The molecule has 13 heteroatoms. The van der Waals surface area contributed by atoms with Gasteiger partial charge in [0.1, 0.15) is 24.4 Å². The van der Waals surface area contributed by atoms with Crippen LogP contribution < -0.4 is 5.32 Å². The average Bonchev–Trinajstić information content (AvgIpc) is 3.21. The molecule has 0 saturated heterocycles. The summed E-state index contributed by atoms with van der Waals surface area (Å²) < 4.78 is 41.0. The van der Waals surface area contributed by atoms with Crippen molar-refractivity contribution in [2.75, 3.05) is 5.32 Å². The number of anilines is 1. The monoisotopic (exact) mass is 409 g/mol. The van der Waals surface area contributed by atoms with Crippen molar-refractivity contribution in [1.82, 2.24) is 24.5 Å². The number of aromatic nitrogens is 5. The van der Waals surface area contributed by atoms with Gasteiger partial charge in [-0.15, -0.1) is 5.10 Å². The molecule has 10 nitrogen and oxygen atoms in total. The second kappa shape index (κ2) is 8.08. The molecule has 1 N–H and O–H groups in total. The number of carbonyl (C=O) groups excluding carboxylic acids is 1. The average molecular weight is 409 g/mol. The van der Waals surface area contributed by atoms with Crippen LogP contribution in [0.4, 0.5) is 24.8 Å². The third kappa shape index (κ3) is 4.56. The van der Waals surface area contributed by atoms with Gasteiger partial charge in [0, 0.05) is 0 Å². The van der Waals surface area contributed by atoms with E-state index in [1.54, 1.807) is 12.1 Å². The molecule has 2 aromatic heterocycles. The zero-order valence-corrected chi connectivity index (χ0v) is 14.9. The number of nitrogens with one attached hydrogen (secondary N) is 1. The van der Waals surface area contributed by atoms with Crippen molar-refractivity contribution in [1.29, 1.82) is 0 Å². The molecular weight excluding hydrogens is 395 g/mol. The number of amides is 1. The van der Waals surface area contributed by atoms with E-state index in [-0.39, 0.29) is 24.0 Å². The highest BCUT2D eigenvalue weighted by molar-refractivity contribution is 5.88. The van der Waals surface area contributed by atoms with Crippen molar-refractivity contribution in [3.8, 4) is 0 Å². The maximum absolute atomic E-state index is 12.9. The molecule has 3 rings (SSSR count). The Labute approximate surface area is 161 Å². The minimum Gasteiger partial charge on any atom is -0.292 e. The molecule has 0 bridgehead atoms. The molecule has 29 heavy (non-hydrogen) atoms. The topological polar surface area (TPSA) is 121 Å². The number of carbonyl (C=O) groups is 1. The van der Waals surface area contributed by atoms with Crippen LogP contribution in [0.25, 0.3) is 0 Å². The molecule has 0 atom stereocenters. The first-order chi connectivity index (χ1) is 13.7. The smallest absolute Gasteiger partial charge is 0.292 e. The van der Waals surface area contributed by atoms with Gasteiger partial charge >= 0.3 is 5.69 Å². The zero-order chi connectivity index (χ0) is 21.1. The first kappa shape index (κ1) is 20.0. The lowest BCUT2D eigenvalue weighted by Gasteiger charge is -2.03. The summed E-state index contributed by atoms with van der Waals surface area (Å²) in [6.45, 7) is 0.969. The third-order valence-corrected chi connectivity index (χ3v) is 3.93. The largest absolute Gasteiger partial charge is 0.319 e. The Morgan fingerprint density at radius 3 is 2.55 bits per heavy atom. The first-order valence-electron chi connectivity index (χ1n) is 8.18. The Morgan fingerprint density at radius 1 is 1.28 bits per heavy atom. The molecule has 0 fully saturated rings. The van der Waals surface area contributed by atoms with Gasteiger partial charge in [-0.1, -0.05) is 12.1 Å². The lowest BCUT2D eigenvalue weighted by atomic mass is 10.2. The molecule has 0 aliphatic heterocycles. The van der Waals surface area contributed by atoms with Crippen LogP contribution >= 0.6 is 0 Å². The molecule has 0 spiro atoms. The van der Waals surface area contributed by atoms with E-state index in [1.807, 2.05) is 0 Å². The Kier molecular flexibility index (Phi) is 5.57. The van der Waals surface area contributed by atoms with Crippen LogP contribution in [-0.4, -0.2) is 35.4 Å². The van der Waals surface area contributed by atoms with Crippen LogP contribution in [0.5, 0.6) is 0 Å². The van der Waals surface area contributed by atoms with E-state index in [9.17, 15) is 28.1 Å². The molecule has 152 valence electrons. The molecule has 0 unspecified atom stereocenters. The highest BCUT2D eigenvalue weighted by Crippen LogP contribution is 2.30.